The standard InChI is InChI=1S/C27H36N4O8/c1-6-12(32)10-29-15-9-16(30(2)3)13-7-11-8-14-20(31(4)5)23(35)19(26(28)38)25(37)27(14,39)24(36)17(11)22(34)18(13)21(15)33/h9,11-12,14,17,19-20,29,32-33,39H,6-8,10H2,1-5H3,(H2,28,38)/t11-,12?,14-,17?,19?,20-,27-/m1/s1. The maximum absolute atomic E-state index is 14.0. The largest absolute Gasteiger partial charge is 0.505 e. The number of amides is 1. The number of phenols is 1. The molecule has 0 saturated heterocycles. The van der Waals surface area contributed by atoms with Crippen molar-refractivity contribution in [2.75, 3.05) is 45.0 Å². The number of carbonyl (C=O) groups excluding carboxylic acids is 5. The lowest BCUT2D eigenvalue weighted by Gasteiger charge is -2.52. The first-order valence-electron chi connectivity index (χ1n) is 13.0. The third kappa shape index (κ3) is 4.21. The number of aliphatic hydroxyl groups excluding tert-OH is 1. The molecule has 1 amide bonds. The lowest BCUT2D eigenvalue weighted by Crippen LogP contribution is -2.74. The summed E-state index contributed by atoms with van der Waals surface area (Å²) in [6.45, 7) is 1.91. The second-order valence-corrected chi connectivity index (χ2v) is 11.3. The van der Waals surface area contributed by atoms with Gasteiger partial charge in [-0.25, -0.2) is 0 Å². The Morgan fingerprint density at radius 1 is 1.18 bits per heavy atom. The number of anilines is 2. The van der Waals surface area contributed by atoms with Gasteiger partial charge in [-0.3, -0.25) is 28.9 Å². The first kappa shape index (κ1) is 28.7. The molecule has 3 aliphatic rings. The van der Waals surface area contributed by atoms with Gasteiger partial charge in [0.2, 0.25) is 5.91 Å². The van der Waals surface area contributed by atoms with Crippen LogP contribution in [0.25, 0.3) is 0 Å². The number of nitrogens with one attached hydrogen (secondary N) is 1. The van der Waals surface area contributed by atoms with E-state index in [2.05, 4.69) is 5.32 Å². The Balaban J connectivity index is 1.85. The van der Waals surface area contributed by atoms with Crippen LogP contribution in [0, 0.1) is 23.7 Å². The quantitative estimate of drug-likeness (QED) is 0.211. The summed E-state index contributed by atoms with van der Waals surface area (Å²) >= 11 is 0. The van der Waals surface area contributed by atoms with Gasteiger partial charge < -0.3 is 31.3 Å². The number of nitrogens with two attached hydrogens (primary N) is 1. The summed E-state index contributed by atoms with van der Waals surface area (Å²) in [5.41, 5.74) is 3.80. The molecule has 2 saturated carbocycles. The number of carbonyl (C=O) groups is 5. The third-order valence-electron chi connectivity index (χ3n) is 8.52. The average Bonchev–Trinajstić information content (AvgIpc) is 2.84. The highest BCUT2D eigenvalue weighted by Gasteiger charge is 2.69. The number of phenolic OH excluding ortho intramolecular Hbond substituents is 1. The lowest BCUT2D eigenvalue weighted by molar-refractivity contribution is -0.181. The second kappa shape index (κ2) is 10.00. The van der Waals surface area contributed by atoms with Crippen molar-refractivity contribution in [1.82, 2.24) is 4.90 Å². The molecule has 0 heterocycles. The van der Waals surface area contributed by atoms with E-state index in [9.17, 15) is 39.3 Å². The third-order valence-corrected chi connectivity index (χ3v) is 8.52. The number of hydrogen-bond donors (Lipinski definition) is 5. The molecule has 0 aromatic heterocycles. The SMILES string of the molecule is CCC(O)CNc1cc(N(C)C)c2c(c1O)C(=O)C1C(=O)[C@@]3(O)C(=O)C(C(N)=O)C(=O)[C@H](N(C)C)[C@H]3C[C@H]1C2. The number of primary amides is 1. The zero-order chi connectivity index (χ0) is 29.1. The van der Waals surface area contributed by atoms with E-state index in [1.54, 1.807) is 46.1 Å². The van der Waals surface area contributed by atoms with E-state index in [4.69, 9.17) is 5.73 Å². The second-order valence-electron chi connectivity index (χ2n) is 11.3. The number of Topliss-reactive ketones (excluding diaryl/α,β-unsaturated/α-hetero) is 4. The Bertz CT molecular complexity index is 1260. The molecule has 1 aromatic carbocycles. The van der Waals surface area contributed by atoms with Crippen molar-refractivity contribution in [3.63, 3.8) is 0 Å². The average molecular weight is 545 g/mol. The van der Waals surface area contributed by atoms with Gasteiger partial charge in [0.05, 0.1) is 29.3 Å². The number of hydrogen-bond acceptors (Lipinski definition) is 11. The van der Waals surface area contributed by atoms with Gasteiger partial charge in [-0.1, -0.05) is 6.92 Å². The van der Waals surface area contributed by atoms with Crippen molar-refractivity contribution in [1.29, 1.82) is 0 Å². The molecule has 0 bridgehead atoms. The molecule has 0 spiro atoms. The number of aliphatic hydroxyl groups is 2. The highest BCUT2D eigenvalue weighted by atomic mass is 16.3. The van der Waals surface area contributed by atoms with Crippen LogP contribution < -0.4 is 16.0 Å². The molecule has 3 aliphatic carbocycles. The fourth-order valence-corrected chi connectivity index (χ4v) is 6.56. The molecule has 0 aliphatic heterocycles. The topological polar surface area (TPSA) is 191 Å². The predicted octanol–water partition coefficient (Wildman–Crippen LogP) is -0.884. The molecule has 7 atom stereocenters. The Hall–Kier alpha value is -3.35. The zero-order valence-corrected chi connectivity index (χ0v) is 22.7. The van der Waals surface area contributed by atoms with Crippen LogP contribution in [-0.4, -0.2) is 102 Å². The van der Waals surface area contributed by atoms with Crippen LogP contribution in [0.4, 0.5) is 11.4 Å². The van der Waals surface area contributed by atoms with Crippen LogP contribution in [0.3, 0.4) is 0 Å². The van der Waals surface area contributed by atoms with Crippen molar-refractivity contribution in [2.45, 2.75) is 43.9 Å². The highest BCUT2D eigenvalue weighted by Crippen LogP contribution is 2.52. The van der Waals surface area contributed by atoms with Crippen molar-refractivity contribution in [2.24, 2.45) is 29.4 Å². The van der Waals surface area contributed by atoms with Crippen LogP contribution in [0.1, 0.15) is 35.7 Å². The maximum Gasteiger partial charge on any atom is 0.235 e. The minimum absolute atomic E-state index is 0.0137. The van der Waals surface area contributed by atoms with Gasteiger partial charge >= 0.3 is 0 Å². The maximum atomic E-state index is 14.0. The van der Waals surface area contributed by atoms with Crippen molar-refractivity contribution >= 4 is 40.4 Å². The summed E-state index contributed by atoms with van der Waals surface area (Å²) < 4.78 is 0. The fourth-order valence-electron chi connectivity index (χ4n) is 6.56. The summed E-state index contributed by atoms with van der Waals surface area (Å²) in [6.07, 6.45) is -0.0740. The Kier molecular flexibility index (Phi) is 7.34. The van der Waals surface area contributed by atoms with Gasteiger partial charge in [-0.15, -0.1) is 0 Å². The first-order chi connectivity index (χ1) is 18.2. The number of benzene rings is 1. The minimum atomic E-state index is -2.77. The van der Waals surface area contributed by atoms with E-state index in [1.807, 2.05) is 0 Å². The molecule has 0 radical (unpaired) electrons. The van der Waals surface area contributed by atoms with Gasteiger partial charge in [0.15, 0.2) is 34.7 Å². The molecule has 1 aromatic rings. The predicted molar refractivity (Wildman–Crippen MR) is 140 cm³/mol. The van der Waals surface area contributed by atoms with Crippen molar-refractivity contribution < 1.29 is 39.3 Å². The van der Waals surface area contributed by atoms with Gasteiger partial charge in [-0.05, 0) is 50.9 Å². The van der Waals surface area contributed by atoms with E-state index in [0.717, 1.165) is 0 Å². The van der Waals surface area contributed by atoms with E-state index in [1.165, 1.54) is 4.90 Å². The number of ketones is 4. The van der Waals surface area contributed by atoms with Gasteiger partial charge in [-0.2, -0.15) is 0 Å². The smallest absolute Gasteiger partial charge is 0.235 e. The summed E-state index contributed by atoms with van der Waals surface area (Å²) in [6, 6.07) is 0.517. The molecule has 4 rings (SSSR count). The van der Waals surface area contributed by atoms with E-state index >= 15 is 0 Å². The van der Waals surface area contributed by atoms with Crippen LogP contribution in [0.2, 0.25) is 0 Å². The van der Waals surface area contributed by atoms with E-state index in [0.29, 0.717) is 17.7 Å². The van der Waals surface area contributed by atoms with E-state index in [-0.39, 0.29) is 30.6 Å². The molecule has 2 fully saturated rings. The Morgan fingerprint density at radius 2 is 1.82 bits per heavy atom. The van der Waals surface area contributed by atoms with Gasteiger partial charge in [0.1, 0.15) is 5.75 Å². The van der Waals surface area contributed by atoms with E-state index < -0.39 is 76.2 Å². The molecule has 212 valence electrons. The normalized spacial score (nSPS) is 30.9. The molecular formula is C27H36N4O8. The van der Waals surface area contributed by atoms with Gasteiger partial charge in [0.25, 0.3) is 0 Å². The molecular weight excluding hydrogens is 508 g/mol. The molecule has 12 heteroatoms. The zero-order valence-electron chi connectivity index (χ0n) is 22.7. The molecule has 39 heavy (non-hydrogen) atoms. The van der Waals surface area contributed by atoms with Gasteiger partial charge in [0, 0.05) is 32.2 Å². The number of nitrogens with zero attached hydrogens (tertiary/aromatic N) is 2. The number of rotatable bonds is 7. The number of fused-ring (bicyclic) bond motifs is 3. The summed E-state index contributed by atoms with van der Waals surface area (Å²) in [4.78, 5) is 69.8. The Morgan fingerprint density at radius 3 is 2.36 bits per heavy atom. The Labute approximate surface area is 226 Å². The fraction of sp³-hybridized carbons (Fsp3) is 0.593. The van der Waals surface area contributed by atoms with Crippen LogP contribution in [0.15, 0.2) is 6.07 Å². The summed E-state index contributed by atoms with van der Waals surface area (Å²) in [5.74, 6) is -10.9. The first-order valence-corrected chi connectivity index (χ1v) is 13.0. The lowest BCUT2D eigenvalue weighted by atomic mass is 9.52. The van der Waals surface area contributed by atoms with Crippen LogP contribution in [0.5, 0.6) is 5.75 Å². The summed E-state index contributed by atoms with van der Waals surface area (Å²) in [5, 5.41) is 35.8. The van der Waals surface area contributed by atoms with Crippen molar-refractivity contribution in [3.8, 4) is 5.75 Å². The van der Waals surface area contributed by atoms with Crippen molar-refractivity contribution in [3.05, 3.63) is 17.2 Å². The van der Waals surface area contributed by atoms with Crippen LogP contribution in [-0.2, 0) is 25.6 Å². The number of aromatic hydroxyl groups is 1. The molecule has 3 unspecified atom stereocenters. The molecule has 6 N–H and O–H groups in total. The summed E-state index contributed by atoms with van der Waals surface area (Å²) in [7, 11) is 6.62. The molecule has 12 nitrogen and oxygen atoms in total. The monoisotopic (exact) mass is 544 g/mol. The minimum Gasteiger partial charge on any atom is -0.505 e. The van der Waals surface area contributed by atoms with Crippen LogP contribution >= 0.6 is 0 Å². The number of likely N-dealkylation sites (N-methyl/N-ethyl adjacent to an activating group) is 1. The highest BCUT2D eigenvalue weighted by molar-refractivity contribution is 6.32.